The topological polar surface area (TPSA) is 38.3 Å². The summed E-state index contributed by atoms with van der Waals surface area (Å²) in [5.74, 6) is -0.136. The molecule has 3 nitrogen and oxygen atoms in total. The molecule has 1 aromatic heterocycles. The van der Waals surface area contributed by atoms with Gasteiger partial charge in [0.25, 0.3) is 0 Å². The quantitative estimate of drug-likeness (QED) is 0.758. The summed E-state index contributed by atoms with van der Waals surface area (Å²) in [6.45, 7) is 5.04. The molecule has 0 aliphatic rings. The monoisotopic (exact) mass is 227 g/mol. The first-order chi connectivity index (χ1) is 7.24. The Hall–Kier alpha value is -0.870. The molecule has 0 saturated carbocycles. The third kappa shape index (κ3) is 4.44. The van der Waals surface area contributed by atoms with E-state index >= 15 is 0 Å². The van der Waals surface area contributed by atoms with Crippen molar-refractivity contribution in [2.24, 2.45) is 0 Å². The normalized spacial score (nSPS) is 12.4. The summed E-state index contributed by atoms with van der Waals surface area (Å²) in [6, 6.07) is 4.43. The Kier molecular flexibility index (Phi) is 5.36. The number of rotatable bonds is 6. The van der Waals surface area contributed by atoms with E-state index in [1.807, 2.05) is 13.0 Å². The third-order valence-electron chi connectivity index (χ3n) is 2.05. The van der Waals surface area contributed by atoms with Gasteiger partial charge in [-0.1, -0.05) is 6.07 Å². The second-order valence-corrected chi connectivity index (χ2v) is 4.23. The van der Waals surface area contributed by atoms with E-state index in [0.29, 0.717) is 25.6 Å². The number of carbonyl (C=O) groups excluding carboxylic acids is 1. The van der Waals surface area contributed by atoms with Crippen LogP contribution in [0.25, 0.3) is 0 Å². The predicted molar refractivity (Wildman–Crippen MR) is 62.0 cm³/mol. The van der Waals surface area contributed by atoms with Crippen molar-refractivity contribution in [3.05, 3.63) is 22.4 Å². The SMILES string of the molecule is CCOC(=O)CCNC(C)c1cccs1. The summed E-state index contributed by atoms with van der Waals surface area (Å²) in [4.78, 5) is 12.3. The minimum Gasteiger partial charge on any atom is -0.466 e. The van der Waals surface area contributed by atoms with Crippen LogP contribution in [0.2, 0.25) is 0 Å². The van der Waals surface area contributed by atoms with Crippen LogP contribution >= 0.6 is 11.3 Å². The molecule has 1 N–H and O–H groups in total. The van der Waals surface area contributed by atoms with Gasteiger partial charge in [-0.25, -0.2) is 0 Å². The van der Waals surface area contributed by atoms with Crippen molar-refractivity contribution in [1.29, 1.82) is 0 Å². The molecule has 0 aliphatic heterocycles. The molecule has 0 aromatic carbocycles. The van der Waals surface area contributed by atoms with Gasteiger partial charge in [-0.15, -0.1) is 11.3 Å². The van der Waals surface area contributed by atoms with Gasteiger partial charge in [-0.3, -0.25) is 4.79 Å². The number of hydrogen-bond acceptors (Lipinski definition) is 4. The molecule has 0 fully saturated rings. The predicted octanol–water partition coefficient (Wildman–Crippen LogP) is 2.35. The maximum atomic E-state index is 11.1. The average molecular weight is 227 g/mol. The molecule has 84 valence electrons. The largest absolute Gasteiger partial charge is 0.466 e. The van der Waals surface area contributed by atoms with Crippen molar-refractivity contribution in [3.8, 4) is 0 Å². The Balaban J connectivity index is 2.18. The van der Waals surface area contributed by atoms with E-state index in [-0.39, 0.29) is 5.97 Å². The lowest BCUT2D eigenvalue weighted by molar-refractivity contribution is -0.142. The first-order valence-corrected chi connectivity index (χ1v) is 6.04. The number of ether oxygens (including phenoxy) is 1. The van der Waals surface area contributed by atoms with Crippen LogP contribution in [-0.4, -0.2) is 19.1 Å². The standard InChI is InChI=1S/C11H17NO2S/c1-3-14-11(13)6-7-12-9(2)10-5-4-8-15-10/h4-5,8-9,12H,3,6-7H2,1-2H3. The van der Waals surface area contributed by atoms with Gasteiger partial charge >= 0.3 is 5.97 Å². The van der Waals surface area contributed by atoms with E-state index in [9.17, 15) is 4.79 Å². The molecule has 0 radical (unpaired) electrons. The molecule has 0 aliphatic carbocycles. The third-order valence-corrected chi connectivity index (χ3v) is 3.11. The highest BCUT2D eigenvalue weighted by Crippen LogP contribution is 2.17. The summed E-state index contributed by atoms with van der Waals surface area (Å²) in [5, 5.41) is 5.34. The highest BCUT2D eigenvalue weighted by molar-refractivity contribution is 7.10. The Morgan fingerprint density at radius 3 is 3.07 bits per heavy atom. The zero-order valence-corrected chi connectivity index (χ0v) is 9.97. The second-order valence-electron chi connectivity index (χ2n) is 3.25. The van der Waals surface area contributed by atoms with Crippen LogP contribution in [-0.2, 0) is 9.53 Å². The minimum absolute atomic E-state index is 0.136. The van der Waals surface area contributed by atoms with Crippen LogP contribution in [0.4, 0.5) is 0 Å². The molecule has 0 amide bonds. The molecule has 15 heavy (non-hydrogen) atoms. The summed E-state index contributed by atoms with van der Waals surface area (Å²) < 4.78 is 4.84. The van der Waals surface area contributed by atoms with E-state index in [1.165, 1.54) is 4.88 Å². The van der Waals surface area contributed by atoms with Crippen molar-refractivity contribution >= 4 is 17.3 Å². The number of esters is 1. The molecular weight excluding hydrogens is 210 g/mol. The smallest absolute Gasteiger partial charge is 0.307 e. The number of nitrogens with one attached hydrogen (secondary N) is 1. The lowest BCUT2D eigenvalue weighted by atomic mass is 10.2. The molecule has 1 atom stereocenters. The second kappa shape index (κ2) is 6.58. The Morgan fingerprint density at radius 2 is 2.47 bits per heavy atom. The molecule has 4 heteroatoms. The minimum atomic E-state index is -0.136. The van der Waals surface area contributed by atoms with Gasteiger partial charge < -0.3 is 10.1 Å². The molecule has 1 heterocycles. The molecular formula is C11H17NO2S. The Labute approximate surface area is 94.5 Å². The molecule has 1 aromatic rings. The molecule has 0 saturated heterocycles. The molecule has 1 unspecified atom stereocenters. The molecule has 1 rings (SSSR count). The van der Waals surface area contributed by atoms with Crippen molar-refractivity contribution < 1.29 is 9.53 Å². The molecule has 0 bridgehead atoms. The van der Waals surface area contributed by atoms with Crippen molar-refractivity contribution in [2.45, 2.75) is 26.3 Å². The fourth-order valence-corrected chi connectivity index (χ4v) is 2.02. The zero-order valence-electron chi connectivity index (χ0n) is 9.16. The van der Waals surface area contributed by atoms with Gasteiger partial charge in [-0.2, -0.15) is 0 Å². The van der Waals surface area contributed by atoms with Gasteiger partial charge in [0.2, 0.25) is 0 Å². The van der Waals surface area contributed by atoms with E-state index in [0.717, 1.165) is 0 Å². The van der Waals surface area contributed by atoms with Crippen LogP contribution in [0, 0.1) is 0 Å². The zero-order chi connectivity index (χ0) is 11.1. The van der Waals surface area contributed by atoms with Crippen molar-refractivity contribution in [3.63, 3.8) is 0 Å². The molecule has 0 spiro atoms. The lowest BCUT2D eigenvalue weighted by Crippen LogP contribution is -2.22. The van der Waals surface area contributed by atoms with Gasteiger partial charge in [0.05, 0.1) is 13.0 Å². The number of carbonyl (C=O) groups is 1. The highest BCUT2D eigenvalue weighted by Gasteiger charge is 2.06. The lowest BCUT2D eigenvalue weighted by Gasteiger charge is -2.11. The number of thiophene rings is 1. The van der Waals surface area contributed by atoms with Crippen LogP contribution in [0.5, 0.6) is 0 Å². The van der Waals surface area contributed by atoms with Gasteiger partial charge in [-0.05, 0) is 25.3 Å². The maximum absolute atomic E-state index is 11.1. The van der Waals surface area contributed by atoms with E-state index in [1.54, 1.807) is 11.3 Å². The van der Waals surface area contributed by atoms with Crippen molar-refractivity contribution in [1.82, 2.24) is 5.32 Å². The summed E-state index contributed by atoms with van der Waals surface area (Å²) in [7, 11) is 0. The van der Waals surface area contributed by atoms with Crippen LogP contribution in [0.15, 0.2) is 17.5 Å². The fourth-order valence-electron chi connectivity index (χ4n) is 1.26. The van der Waals surface area contributed by atoms with Gasteiger partial charge in [0, 0.05) is 17.5 Å². The maximum Gasteiger partial charge on any atom is 0.307 e. The van der Waals surface area contributed by atoms with Crippen LogP contribution in [0.3, 0.4) is 0 Å². The van der Waals surface area contributed by atoms with E-state index in [2.05, 4.69) is 23.7 Å². The van der Waals surface area contributed by atoms with Gasteiger partial charge in [0.15, 0.2) is 0 Å². The number of hydrogen-bond donors (Lipinski definition) is 1. The Bertz CT molecular complexity index is 285. The summed E-state index contributed by atoms with van der Waals surface area (Å²) in [6.07, 6.45) is 0.434. The highest BCUT2D eigenvalue weighted by atomic mass is 32.1. The van der Waals surface area contributed by atoms with Crippen LogP contribution < -0.4 is 5.32 Å². The first kappa shape index (κ1) is 12.2. The first-order valence-electron chi connectivity index (χ1n) is 5.16. The average Bonchev–Trinajstić information content (AvgIpc) is 2.70. The van der Waals surface area contributed by atoms with E-state index < -0.39 is 0 Å². The van der Waals surface area contributed by atoms with Crippen molar-refractivity contribution in [2.75, 3.05) is 13.2 Å². The Morgan fingerprint density at radius 1 is 1.67 bits per heavy atom. The van der Waals surface area contributed by atoms with E-state index in [4.69, 9.17) is 4.74 Å². The summed E-state index contributed by atoms with van der Waals surface area (Å²) >= 11 is 1.72. The fraction of sp³-hybridized carbons (Fsp3) is 0.545. The van der Waals surface area contributed by atoms with Gasteiger partial charge in [0.1, 0.15) is 0 Å². The van der Waals surface area contributed by atoms with Crippen LogP contribution in [0.1, 0.15) is 31.2 Å². The summed E-state index contributed by atoms with van der Waals surface area (Å²) in [5.41, 5.74) is 0.